The quantitative estimate of drug-likeness (QED) is 0.337. The highest BCUT2D eigenvalue weighted by Crippen LogP contribution is 2.34. The van der Waals surface area contributed by atoms with Crippen LogP contribution in [0.15, 0.2) is 0 Å². The van der Waals surface area contributed by atoms with E-state index in [0.29, 0.717) is 0 Å². The molecule has 4 atom stereocenters. The minimum Gasteiger partial charge on any atom is -0.394 e. The minimum absolute atomic E-state index is 0.0611. The van der Waals surface area contributed by atoms with E-state index in [4.69, 9.17) is 5.11 Å². The summed E-state index contributed by atoms with van der Waals surface area (Å²) in [5.74, 6) is 0. The normalized spacial score (nSPS) is 25.9. The fraction of sp³-hybridized carbons (Fsp3) is 0.889. The van der Waals surface area contributed by atoms with Crippen LogP contribution in [0.25, 0.3) is 0 Å². The van der Waals surface area contributed by atoms with Gasteiger partial charge in [-0.1, -0.05) is 0 Å². The van der Waals surface area contributed by atoms with E-state index in [1.165, 1.54) is 0 Å². The zero-order valence-electron chi connectivity index (χ0n) is 9.01. The molecule has 0 bridgehead atoms. The second-order valence-corrected chi connectivity index (χ2v) is 4.18. The van der Waals surface area contributed by atoms with Crippen molar-refractivity contribution in [3.63, 3.8) is 0 Å². The van der Waals surface area contributed by atoms with Crippen molar-refractivity contribution in [2.24, 2.45) is 0 Å². The highest BCUT2D eigenvalue weighted by atomic mass is 16.4. The number of aliphatic hydroxyl groups excluding tert-OH is 2. The predicted molar refractivity (Wildman–Crippen MR) is 51.0 cm³/mol. The second-order valence-electron chi connectivity index (χ2n) is 4.18. The SMILES string of the molecule is C[C@@](O)([C@@](C)(O)C=O)[C@@](C)(O)[C@H](O)CO. The molecule has 0 rings (SSSR count). The van der Waals surface area contributed by atoms with Crippen molar-refractivity contribution in [2.75, 3.05) is 6.61 Å². The van der Waals surface area contributed by atoms with Gasteiger partial charge in [0.15, 0.2) is 6.29 Å². The van der Waals surface area contributed by atoms with Gasteiger partial charge in [-0.2, -0.15) is 0 Å². The van der Waals surface area contributed by atoms with Crippen LogP contribution in [0, 0.1) is 0 Å². The van der Waals surface area contributed by atoms with Gasteiger partial charge in [0.1, 0.15) is 22.9 Å². The Kier molecular flexibility index (Phi) is 4.00. The Morgan fingerprint density at radius 1 is 1.20 bits per heavy atom. The van der Waals surface area contributed by atoms with Crippen molar-refractivity contribution in [1.29, 1.82) is 0 Å². The third-order valence-electron chi connectivity index (χ3n) is 3.02. The lowest BCUT2D eigenvalue weighted by atomic mass is 9.71. The molecule has 5 N–H and O–H groups in total. The van der Waals surface area contributed by atoms with Crippen LogP contribution >= 0.6 is 0 Å². The number of hydrogen-bond acceptors (Lipinski definition) is 6. The largest absolute Gasteiger partial charge is 0.394 e. The lowest BCUT2D eigenvalue weighted by Crippen LogP contribution is -2.69. The van der Waals surface area contributed by atoms with E-state index in [1.54, 1.807) is 0 Å². The Morgan fingerprint density at radius 2 is 1.60 bits per heavy atom. The standard InChI is InChI=1S/C9H18O6/c1-7(13,5-11)9(3,15)8(2,14)6(12)4-10/h5-6,10,12-15H,4H2,1-3H3/t6-,7+,8+,9-/m1/s1. The van der Waals surface area contributed by atoms with E-state index < -0.39 is 29.5 Å². The van der Waals surface area contributed by atoms with E-state index in [-0.39, 0.29) is 6.29 Å². The summed E-state index contributed by atoms with van der Waals surface area (Å²) in [7, 11) is 0. The molecule has 0 aromatic heterocycles. The Hall–Kier alpha value is -0.530. The first kappa shape index (κ1) is 14.5. The zero-order chi connectivity index (χ0) is 12.5. The summed E-state index contributed by atoms with van der Waals surface area (Å²) in [6.45, 7) is 2.21. The lowest BCUT2D eigenvalue weighted by Gasteiger charge is -2.46. The summed E-state index contributed by atoms with van der Waals surface area (Å²) in [5.41, 5.74) is -6.78. The molecule has 15 heavy (non-hydrogen) atoms. The number of hydrogen-bond donors (Lipinski definition) is 5. The molecule has 0 aromatic carbocycles. The molecule has 0 aromatic rings. The Balaban J connectivity index is 5.26. The van der Waals surface area contributed by atoms with Gasteiger partial charge in [0.25, 0.3) is 0 Å². The maximum atomic E-state index is 10.6. The highest BCUT2D eigenvalue weighted by Gasteiger charge is 2.57. The van der Waals surface area contributed by atoms with Gasteiger partial charge in [0, 0.05) is 0 Å². The molecule has 0 heterocycles. The smallest absolute Gasteiger partial charge is 0.154 e. The monoisotopic (exact) mass is 222 g/mol. The van der Waals surface area contributed by atoms with Crippen molar-refractivity contribution >= 4 is 6.29 Å². The molecule has 0 aliphatic carbocycles. The van der Waals surface area contributed by atoms with Crippen LogP contribution in [-0.4, -0.2) is 61.3 Å². The summed E-state index contributed by atoms with van der Waals surface area (Å²) in [6.07, 6.45) is -1.62. The summed E-state index contributed by atoms with van der Waals surface area (Å²) in [5, 5.41) is 47.2. The van der Waals surface area contributed by atoms with Gasteiger partial charge in [0.2, 0.25) is 0 Å². The van der Waals surface area contributed by atoms with Gasteiger partial charge >= 0.3 is 0 Å². The van der Waals surface area contributed by atoms with Crippen molar-refractivity contribution in [3.05, 3.63) is 0 Å². The van der Waals surface area contributed by atoms with Gasteiger partial charge in [-0.15, -0.1) is 0 Å². The highest BCUT2D eigenvalue weighted by molar-refractivity contribution is 5.64. The molecule has 90 valence electrons. The van der Waals surface area contributed by atoms with Crippen LogP contribution in [0.3, 0.4) is 0 Å². The maximum absolute atomic E-state index is 10.6. The number of rotatable bonds is 5. The fourth-order valence-electron chi connectivity index (χ4n) is 1.13. The van der Waals surface area contributed by atoms with Crippen LogP contribution in [-0.2, 0) is 4.79 Å². The first-order valence-corrected chi connectivity index (χ1v) is 4.47. The minimum atomic E-state index is -2.30. The average Bonchev–Trinajstić information content (AvgIpc) is 2.15. The zero-order valence-corrected chi connectivity index (χ0v) is 9.01. The summed E-state index contributed by atoms with van der Waals surface area (Å²) < 4.78 is 0. The molecule has 0 saturated heterocycles. The van der Waals surface area contributed by atoms with Gasteiger partial charge in [-0.3, -0.25) is 0 Å². The molecule has 0 unspecified atom stereocenters. The number of carbonyl (C=O) groups excluding carboxylic acids is 1. The molecule has 0 amide bonds. The van der Waals surface area contributed by atoms with Crippen molar-refractivity contribution in [1.82, 2.24) is 0 Å². The molecule has 0 radical (unpaired) electrons. The van der Waals surface area contributed by atoms with Crippen molar-refractivity contribution in [3.8, 4) is 0 Å². The Labute approximate surface area is 87.8 Å². The molecule has 0 saturated carbocycles. The molecule has 0 aliphatic heterocycles. The summed E-state index contributed by atoms with van der Waals surface area (Å²) >= 11 is 0. The molecule has 6 nitrogen and oxygen atoms in total. The number of aliphatic hydroxyl groups is 5. The third-order valence-corrected chi connectivity index (χ3v) is 3.02. The molecule has 0 aliphatic rings. The number of carbonyl (C=O) groups is 1. The van der Waals surface area contributed by atoms with Crippen molar-refractivity contribution in [2.45, 2.75) is 43.7 Å². The first-order chi connectivity index (χ1) is 6.54. The summed E-state index contributed by atoms with van der Waals surface area (Å²) in [4.78, 5) is 10.6. The van der Waals surface area contributed by atoms with E-state index in [0.717, 1.165) is 20.8 Å². The molecule has 0 fully saturated rings. The first-order valence-electron chi connectivity index (χ1n) is 4.47. The van der Waals surface area contributed by atoms with Crippen molar-refractivity contribution < 1.29 is 30.3 Å². The average molecular weight is 222 g/mol. The predicted octanol–water partition coefficient (Wildman–Crippen LogP) is -2.21. The number of aldehydes is 1. The summed E-state index contributed by atoms with van der Waals surface area (Å²) in [6, 6.07) is 0. The van der Waals surface area contributed by atoms with E-state index in [1.807, 2.05) is 0 Å². The molecular weight excluding hydrogens is 204 g/mol. The van der Waals surface area contributed by atoms with Crippen LogP contribution < -0.4 is 0 Å². The van der Waals surface area contributed by atoms with E-state index in [2.05, 4.69) is 0 Å². The van der Waals surface area contributed by atoms with Gasteiger partial charge < -0.3 is 30.3 Å². The van der Waals surface area contributed by atoms with Gasteiger partial charge in [-0.25, -0.2) is 0 Å². The Bertz CT molecular complexity index is 233. The van der Waals surface area contributed by atoms with E-state index in [9.17, 15) is 25.2 Å². The molecule has 0 spiro atoms. The Morgan fingerprint density at radius 3 is 1.87 bits per heavy atom. The topological polar surface area (TPSA) is 118 Å². The molecule has 6 heteroatoms. The maximum Gasteiger partial charge on any atom is 0.154 e. The second kappa shape index (κ2) is 4.15. The van der Waals surface area contributed by atoms with E-state index >= 15 is 0 Å². The van der Waals surface area contributed by atoms with Gasteiger partial charge in [-0.05, 0) is 20.8 Å². The lowest BCUT2D eigenvalue weighted by molar-refractivity contribution is -0.248. The van der Waals surface area contributed by atoms with Crippen LogP contribution in [0.2, 0.25) is 0 Å². The van der Waals surface area contributed by atoms with Crippen LogP contribution in [0.1, 0.15) is 20.8 Å². The fourth-order valence-corrected chi connectivity index (χ4v) is 1.13. The van der Waals surface area contributed by atoms with Crippen LogP contribution in [0.5, 0.6) is 0 Å². The van der Waals surface area contributed by atoms with Crippen LogP contribution in [0.4, 0.5) is 0 Å². The molecular formula is C9H18O6. The third kappa shape index (κ3) is 2.19. The van der Waals surface area contributed by atoms with Gasteiger partial charge in [0.05, 0.1) is 6.61 Å².